The molecule has 2 aromatic rings. The number of benzene rings is 1. The number of likely N-dealkylation sites (tertiary alicyclic amines) is 1. The van der Waals surface area contributed by atoms with Gasteiger partial charge in [0.25, 0.3) is 5.91 Å². The number of carbonyl (C=O) groups is 2. The van der Waals surface area contributed by atoms with Crippen molar-refractivity contribution < 1.29 is 18.0 Å². The number of hydrogen-bond donors (Lipinski definition) is 2. The van der Waals surface area contributed by atoms with Crippen molar-refractivity contribution >= 4 is 38.9 Å². The van der Waals surface area contributed by atoms with Crippen LogP contribution in [0.1, 0.15) is 35.0 Å². The summed E-state index contributed by atoms with van der Waals surface area (Å²) in [5, 5.41) is 10.2. The standard InChI is InChI=1S/C21H26N4O4S2/c1-14-11-15-12-17(31(22,28)29)4-5-18(15)25(14)20(26)13-24-8-6-16(7-9-24)23-21(27)19-3-2-10-30-19/h2-5,10,12,14,16H,6-9,11,13H2,1H3,(H,23,27)(H2,22,28,29). The largest absolute Gasteiger partial charge is 0.349 e. The highest BCUT2D eigenvalue weighted by Crippen LogP contribution is 2.34. The Balaban J connectivity index is 1.34. The molecule has 1 saturated heterocycles. The first kappa shape index (κ1) is 21.9. The van der Waals surface area contributed by atoms with Crippen molar-refractivity contribution in [1.82, 2.24) is 10.2 Å². The highest BCUT2D eigenvalue weighted by molar-refractivity contribution is 7.89. The normalized spacial score (nSPS) is 19.9. The minimum Gasteiger partial charge on any atom is -0.349 e. The fourth-order valence-corrected chi connectivity index (χ4v) is 5.52. The molecule has 3 heterocycles. The lowest BCUT2D eigenvalue weighted by Gasteiger charge is -2.33. The van der Waals surface area contributed by atoms with Crippen LogP contribution in [0.3, 0.4) is 0 Å². The Hall–Kier alpha value is -2.27. The van der Waals surface area contributed by atoms with E-state index in [-0.39, 0.29) is 28.8 Å². The molecule has 4 rings (SSSR count). The van der Waals surface area contributed by atoms with Gasteiger partial charge in [-0.15, -0.1) is 11.3 Å². The van der Waals surface area contributed by atoms with Gasteiger partial charge in [-0.3, -0.25) is 14.5 Å². The fraction of sp³-hybridized carbons (Fsp3) is 0.429. The molecule has 2 aliphatic heterocycles. The molecule has 1 aromatic carbocycles. The van der Waals surface area contributed by atoms with Crippen LogP contribution in [0.15, 0.2) is 40.6 Å². The lowest BCUT2D eigenvalue weighted by Crippen LogP contribution is -2.49. The molecule has 2 aliphatic rings. The molecule has 0 saturated carbocycles. The van der Waals surface area contributed by atoms with Gasteiger partial charge in [0, 0.05) is 30.9 Å². The van der Waals surface area contributed by atoms with Gasteiger partial charge in [-0.1, -0.05) is 6.07 Å². The highest BCUT2D eigenvalue weighted by Gasteiger charge is 2.33. The van der Waals surface area contributed by atoms with E-state index in [4.69, 9.17) is 5.14 Å². The molecular weight excluding hydrogens is 436 g/mol. The van der Waals surface area contributed by atoms with Crippen molar-refractivity contribution in [2.24, 2.45) is 5.14 Å². The van der Waals surface area contributed by atoms with Crippen LogP contribution >= 0.6 is 11.3 Å². The molecule has 1 atom stereocenters. The van der Waals surface area contributed by atoms with Gasteiger partial charge in [-0.25, -0.2) is 13.6 Å². The maximum Gasteiger partial charge on any atom is 0.261 e. The lowest BCUT2D eigenvalue weighted by atomic mass is 10.0. The van der Waals surface area contributed by atoms with Crippen molar-refractivity contribution in [2.45, 2.75) is 43.2 Å². The Morgan fingerprint density at radius 1 is 1.23 bits per heavy atom. The zero-order valence-corrected chi connectivity index (χ0v) is 18.9. The number of carbonyl (C=O) groups excluding carboxylic acids is 2. The molecule has 1 fully saturated rings. The smallest absolute Gasteiger partial charge is 0.261 e. The van der Waals surface area contributed by atoms with Crippen LogP contribution in [-0.4, -0.2) is 56.9 Å². The molecular formula is C21H26N4O4S2. The number of sulfonamides is 1. The summed E-state index contributed by atoms with van der Waals surface area (Å²) in [7, 11) is -3.77. The monoisotopic (exact) mass is 462 g/mol. The summed E-state index contributed by atoms with van der Waals surface area (Å²) in [6.45, 7) is 3.73. The summed E-state index contributed by atoms with van der Waals surface area (Å²) in [5.74, 6) is -0.0402. The van der Waals surface area contributed by atoms with Crippen LogP contribution in [0.2, 0.25) is 0 Å². The SMILES string of the molecule is CC1Cc2cc(S(N)(=O)=O)ccc2N1C(=O)CN1CCC(NC(=O)c2cccs2)CC1. The number of piperidine rings is 1. The maximum absolute atomic E-state index is 13.1. The molecule has 1 unspecified atom stereocenters. The number of amides is 2. The van der Waals surface area contributed by atoms with Crippen LogP contribution < -0.4 is 15.4 Å². The second-order valence-electron chi connectivity index (χ2n) is 8.15. The minimum atomic E-state index is -3.77. The Morgan fingerprint density at radius 3 is 2.61 bits per heavy atom. The Kier molecular flexibility index (Phi) is 6.16. The summed E-state index contributed by atoms with van der Waals surface area (Å²) in [4.78, 5) is 29.9. The number of hydrogen-bond acceptors (Lipinski definition) is 6. The first-order valence-electron chi connectivity index (χ1n) is 10.3. The molecule has 166 valence electrons. The minimum absolute atomic E-state index is 0.00400. The van der Waals surface area contributed by atoms with E-state index in [9.17, 15) is 18.0 Å². The van der Waals surface area contributed by atoms with E-state index < -0.39 is 10.0 Å². The number of anilines is 1. The predicted molar refractivity (Wildman–Crippen MR) is 120 cm³/mol. The van der Waals surface area contributed by atoms with Gasteiger partial charge in [0.15, 0.2) is 0 Å². The van der Waals surface area contributed by atoms with Crippen LogP contribution in [0.25, 0.3) is 0 Å². The zero-order valence-electron chi connectivity index (χ0n) is 17.3. The van der Waals surface area contributed by atoms with Crippen LogP contribution in [0.5, 0.6) is 0 Å². The first-order chi connectivity index (χ1) is 14.7. The number of nitrogens with two attached hydrogens (primary N) is 1. The van der Waals surface area contributed by atoms with E-state index in [1.807, 2.05) is 24.4 Å². The predicted octanol–water partition coefficient (Wildman–Crippen LogP) is 1.57. The highest BCUT2D eigenvalue weighted by atomic mass is 32.2. The van der Waals surface area contributed by atoms with Gasteiger partial charge < -0.3 is 10.2 Å². The van der Waals surface area contributed by atoms with E-state index in [0.717, 1.165) is 37.2 Å². The molecule has 3 N–H and O–H groups in total. The van der Waals surface area contributed by atoms with Crippen molar-refractivity contribution in [1.29, 1.82) is 0 Å². The summed E-state index contributed by atoms with van der Waals surface area (Å²) in [6, 6.07) is 8.44. The van der Waals surface area contributed by atoms with E-state index in [1.165, 1.54) is 17.4 Å². The maximum atomic E-state index is 13.1. The van der Waals surface area contributed by atoms with E-state index in [2.05, 4.69) is 10.2 Å². The van der Waals surface area contributed by atoms with Gasteiger partial charge in [-0.05, 0) is 61.4 Å². The molecule has 2 amide bonds. The van der Waals surface area contributed by atoms with E-state index in [0.29, 0.717) is 17.8 Å². The van der Waals surface area contributed by atoms with Gasteiger partial charge in [0.2, 0.25) is 15.9 Å². The number of fused-ring (bicyclic) bond motifs is 1. The second kappa shape index (κ2) is 8.70. The molecule has 0 radical (unpaired) electrons. The topological polar surface area (TPSA) is 113 Å². The number of thiophene rings is 1. The average Bonchev–Trinajstić information content (AvgIpc) is 3.35. The van der Waals surface area contributed by atoms with E-state index >= 15 is 0 Å². The summed E-state index contributed by atoms with van der Waals surface area (Å²) in [6.07, 6.45) is 2.20. The number of nitrogens with zero attached hydrogens (tertiary/aromatic N) is 2. The molecule has 31 heavy (non-hydrogen) atoms. The third kappa shape index (κ3) is 4.82. The summed E-state index contributed by atoms with van der Waals surface area (Å²) >= 11 is 1.43. The first-order valence-corrected chi connectivity index (χ1v) is 12.7. The lowest BCUT2D eigenvalue weighted by molar-refractivity contribution is -0.120. The average molecular weight is 463 g/mol. The summed E-state index contributed by atoms with van der Waals surface area (Å²) in [5.41, 5.74) is 1.57. The quantitative estimate of drug-likeness (QED) is 0.700. The molecule has 8 nitrogen and oxygen atoms in total. The van der Waals surface area contributed by atoms with Gasteiger partial charge in [-0.2, -0.15) is 0 Å². The number of nitrogens with one attached hydrogen (secondary N) is 1. The van der Waals surface area contributed by atoms with Crippen molar-refractivity contribution in [3.05, 3.63) is 46.2 Å². The number of rotatable bonds is 5. The summed E-state index contributed by atoms with van der Waals surface area (Å²) < 4.78 is 23.2. The molecule has 10 heteroatoms. The van der Waals surface area contributed by atoms with Crippen LogP contribution in [0, 0.1) is 0 Å². The van der Waals surface area contributed by atoms with Gasteiger partial charge >= 0.3 is 0 Å². The Morgan fingerprint density at radius 2 is 1.97 bits per heavy atom. The zero-order chi connectivity index (χ0) is 22.2. The molecule has 0 aliphatic carbocycles. The fourth-order valence-electron chi connectivity index (χ4n) is 4.33. The molecule has 0 bridgehead atoms. The van der Waals surface area contributed by atoms with Crippen molar-refractivity contribution in [3.8, 4) is 0 Å². The third-order valence-corrected chi connectivity index (χ3v) is 7.67. The second-order valence-corrected chi connectivity index (χ2v) is 10.7. The molecule has 1 aromatic heterocycles. The number of primary sulfonamides is 1. The van der Waals surface area contributed by atoms with Crippen molar-refractivity contribution in [3.63, 3.8) is 0 Å². The Bertz CT molecular complexity index is 1080. The Labute approximate surface area is 186 Å². The van der Waals surface area contributed by atoms with Crippen molar-refractivity contribution in [2.75, 3.05) is 24.5 Å². The van der Waals surface area contributed by atoms with Crippen LogP contribution in [-0.2, 0) is 21.2 Å². The van der Waals surface area contributed by atoms with Crippen LogP contribution in [0.4, 0.5) is 5.69 Å². The molecule has 0 spiro atoms. The van der Waals surface area contributed by atoms with Gasteiger partial charge in [0.05, 0.1) is 16.3 Å². The third-order valence-electron chi connectivity index (χ3n) is 5.89. The van der Waals surface area contributed by atoms with Gasteiger partial charge in [0.1, 0.15) is 0 Å². The van der Waals surface area contributed by atoms with E-state index in [1.54, 1.807) is 17.0 Å².